The van der Waals surface area contributed by atoms with Crippen molar-refractivity contribution in [2.24, 2.45) is 5.92 Å². The van der Waals surface area contributed by atoms with E-state index in [4.69, 9.17) is 0 Å². The summed E-state index contributed by atoms with van der Waals surface area (Å²) >= 11 is 0. The smallest absolute Gasteiger partial charge is 0.253 e. The van der Waals surface area contributed by atoms with Gasteiger partial charge in [-0.05, 0) is 31.0 Å². The van der Waals surface area contributed by atoms with Crippen LogP contribution in [0.15, 0.2) is 24.3 Å². The molecule has 2 amide bonds. The molecule has 5 heteroatoms. The van der Waals surface area contributed by atoms with Crippen molar-refractivity contribution in [3.05, 3.63) is 35.6 Å². The van der Waals surface area contributed by atoms with Crippen molar-refractivity contribution < 1.29 is 14.0 Å². The van der Waals surface area contributed by atoms with E-state index >= 15 is 0 Å². The third kappa shape index (κ3) is 3.15. The van der Waals surface area contributed by atoms with Crippen LogP contribution in [0.25, 0.3) is 0 Å². The van der Waals surface area contributed by atoms with E-state index in [-0.39, 0.29) is 17.7 Å². The first-order valence-corrected chi connectivity index (χ1v) is 6.75. The molecule has 1 heterocycles. The highest BCUT2D eigenvalue weighted by atomic mass is 19.1. The Bertz CT molecular complexity index is 508. The van der Waals surface area contributed by atoms with Gasteiger partial charge in [0.2, 0.25) is 5.91 Å². The molecule has 1 aliphatic heterocycles. The summed E-state index contributed by atoms with van der Waals surface area (Å²) in [6.07, 6.45) is 1.33. The molecule has 1 aliphatic rings. The van der Waals surface area contributed by atoms with Crippen LogP contribution in [0.5, 0.6) is 0 Å². The Morgan fingerprint density at radius 3 is 2.45 bits per heavy atom. The molecule has 0 spiro atoms. The number of rotatable bonds is 2. The summed E-state index contributed by atoms with van der Waals surface area (Å²) in [5.74, 6) is -0.474. The highest BCUT2D eigenvalue weighted by Gasteiger charge is 2.28. The minimum absolute atomic E-state index is 0.0124. The Hall–Kier alpha value is -1.91. The van der Waals surface area contributed by atoms with Crippen LogP contribution in [0.1, 0.15) is 23.2 Å². The lowest BCUT2D eigenvalue weighted by atomic mass is 9.95. The zero-order chi connectivity index (χ0) is 14.7. The maximum atomic E-state index is 13.1. The van der Waals surface area contributed by atoms with Gasteiger partial charge in [-0.15, -0.1) is 0 Å². The molecule has 0 radical (unpaired) electrons. The van der Waals surface area contributed by atoms with Gasteiger partial charge < -0.3 is 9.80 Å². The van der Waals surface area contributed by atoms with E-state index in [0.717, 1.165) is 0 Å². The number of piperidine rings is 1. The highest BCUT2D eigenvalue weighted by Crippen LogP contribution is 2.20. The number of halogens is 1. The van der Waals surface area contributed by atoms with Crippen LogP contribution >= 0.6 is 0 Å². The van der Waals surface area contributed by atoms with E-state index < -0.39 is 5.82 Å². The van der Waals surface area contributed by atoms with Crippen LogP contribution in [0.3, 0.4) is 0 Å². The van der Waals surface area contributed by atoms with Crippen LogP contribution in [-0.4, -0.2) is 48.8 Å². The Morgan fingerprint density at radius 1 is 1.25 bits per heavy atom. The largest absolute Gasteiger partial charge is 0.349 e. The minimum atomic E-state index is -0.409. The normalized spacial score (nSPS) is 16.1. The van der Waals surface area contributed by atoms with Gasteiger partial charge in [0.25, 0.3) is 5.91 Å². The molecule has 0 unspecified atom stereocenters. The molecule has 4 nitrogen and oxygen atoms in total. The fourth-order valence-electron chi connectivity index (χ4n) is 2.50. The highest BCUT2D eigenvalue weighted by molar-refractivity contribution is 5.94. The first-order valence-electron chi connectivity index (χ1n) is 6.75. The zero-order valence-corrected chi connectivity index (χ0v) is 11.8. The number of carbonyl (C=O) groups excluding carboxylic acids is 2. The Labute approximate surface area is 118 Å². The van der Waals surface area contributed by atoms with Gasteiger partial charge in [-0.2, -0.15) is 0 Å². The van der Waals surface area contributed by atoms with Gasteiger partial charge in [0.05, 0.1) is 0 Å². The summed E-state index contributed by atoms with van der Waals surface area (Å²) in [4.78, 5) is 27.4. The van der Waals surface area contributed by atoms with Crippen molar-refractivity contribution in [3.8, 4) is 0 Å². The lowest BCUT2D eigenvalue weighted by Crippen LogP contribution is -2.42. The monoisotopic (exact) mass is 278 g/mol. The molecule has 1 aromatic carbocycles. The average molecular weight is 278 g/mol. The van der Waals surface area contributed by atoms with E-state index in [1.807, 2.05) is 0 Å². The molecule has 108 valence electrons. The van der Waals surface area contributed by atoms with Crippen LogP contribution < -0.4 is 0 Å². The fraction of sp³-hybridized carbons (Fsp3) is 0.467. The Balaban J connectivity index is 1.97. The van der Waals surface area contributed by atoms with Gasteiger partial charge in [-0.3, -0.25) is 9.59 Å². The lowest BCUT2D eigenvalue weighted by Gasteiger charge is -2.32. The molecule has 0 aliphatic carbocycles. The second kappa shape index (κ2) is 6.03. The van der Waals surface area contributed by atoms with Crippen molar-refractivity contribution >= 4 is 11.8 Å². The molecule has 0 N–H and O–H groups in total. The molecule has 0 saturated carbocycles. The van der Waals surface area contributed by atoms with Gasteiger partial charge in [0, 0.05) is 38.7 Å². The molecular weight excluding hydrogens is 259 g/mol. The number of hydrogen-bond donors (Lipinski definition) is 0. The topological polar surface area (TPSA) is 40.6 Å². The molecule has 2 rings (SSSR count). The summed E-state index contributed by atoms with van der Waals surface area (Å²) in [7, 11) is 3.49. The Morgan fingerprint density at radius 2 is 1.90 bits per heavy atom. The van der Waals surface area contributed by atoms with Crippen molar-refractivity contribution in [3.63, 3.8) is 0 Å². The Kier molecular flexibility index (Phi) is 4.37. The molecule has 0 atom stereocenters. The molecular formula is C15H19FN2O2. The number of carbonyl (C=O) groups is 2. The average Bonchev–Trinajstić information content (AvgIpc) is 2.46. The first kappa shape index (κ1) is 14.5. The van der Waals surface area contributed by atoms with Crippen LogP contribution in [0, 0.1) is 11.7 Å². The van der Waals surface area contributed by atoms with Crippen LogP contribution in [0.2, 0.25) is 0 Å². The lowest BCUT2D eigenvalue weighted by molar-refractivity contribution is -0.134. The number of nitrogens with zero attached hydrogens (tertiary/aromatic N) is 2. The maximum Gasteiger partial charge on any atom is 0.253 e. The standard InChI is InChI=1S/C15H19FN2O2/c1-17(2)14(19)11-6-8-18(9-7-11)15(20)12-4-3-5-13(16)10-12/h3-5,10-11H,6-9H2,1-2H3. The van der Waals surface area contributed by atoms with Crippen molar-refractivity contribution in [1.29, 1.82) is 0 Å². The molecule has 1 aromatic rings. The summed E-state index contributed by atoms with van der Waals surface area (Å²) in [5, 5.41) is 0. The predicted octanol–water partition coefficient (Wildman–Crippen LogP) is 1.77. The van der Waals surface area contributed by atoms with E-state index in [1.54, 1.807) is 30.0 Å². The van der Waals surface area contributed by atoms with Gasteiger partial charge in [-0.25, -0.2) is 4.39 Å². The second-order valence-corrected chi connectivity index (χ2v) is 5.31. The molecule has 20 heavy (non-hydrogen) atoms. The van der Waals surface area contributed by atoms with Crippen LogP contribution in [-0.2, 0) is 4.79 Å². The number of benzene rings is 1. The van der Waals surface area contributed by atoms with Gasteiger partial charge >= 0.3 is 0 Å². The van der Waals surface area contributed by atoms with Gasteiger partial charge in [0.15, 0.2) is 0 Å². The third-order valence-corrected chi connectivity index (χ3v) is 3.64. The summed E-state index contributed by atoms with van der Waals surface area (Å²) in [6, 6.07) is 5.71. The minimum Gasteiger partial charge on any atom is -0.349 e. The van der Waals surface area contributed by atoms with Gasteiger partial charge in [0.1, 0.15) is 5.82 Å². The summed E-state index contributed by atoms with van der Waals surface area (Å²) < 4.78 is 13.1. The van der Waals surface area contributed by atoms with E-state index in [1.165, 1.54) is 18.2 Å². The van der Waals surface area contributed by atoms with E-state index in [2.05, 4.69) is 0 Å². The van der Waals surface area contributed by atoms with E-state index in [0.29, 0.717) is 31.5 Å². The SMILES string of the molecule is CN(C)C(=O)C1CCN(C(=O)c2cccc(F)c2)CC1. The van der Waals surface area contributed by atoms with Crippen molar-refractivity contribution in [2.45, 2.75) is 12.8 Å². The summed E-state index contributed by atoms with van der Waals surface area (Å²) in [6.45, 7) is 1.08. The quantitative estimate of drug-likeness (QED) is 0.827. The van der Waals surface area contributed by atoms with Crippen LogP contribution in [0.4, 0.5) is 4.39 Å². The zero-order valence-electron chi connectivity index (χ0n) is 11.8. The fourth-order valence-corrected chi connectivity index (χ4v) is 2.50. The summed E-state index contributed by atoms with van der Waals surface area (Å²) in [5.41, 5.74) is 0.363. The maximum absolute atomic E-state index is 13.1. The third-order valence-electron chi connectivity index (χ3n) is 3.64. The predicted molar refractivity (Wildman–Crippen MR) is 73.7 cm³/mol. The van der Waals surface area contributed by atoms with Gasteiger partial charge in [-0.1, -0.05) is 6.07 Å². The second-order valence-electron chi connectivity index (χ2n) is 5.31. The number of amides is 2. The molecule has 1 fully saturated rings. The number of hydrogen-bond acceptors (Lipinski definition) is 2. The number of likely N-dealkylation sites (tertiary alicyclic amines) is 1. The van der Waals surface area contributed by atoms with Crippen molar-refractivity contribution in [1.82, 2.24) is 9.80 Å². The van der Waals surface area contributed by atoms with E-state index in [9.17, 15) is 14.0 Å². The molecule has 0 bridgehead atoms. The first-order chi connectivity index (χ1) is 9.49. The molecule has 0 aromatic heterocycles. The molecule has 1 saturated heterocycles. The van der Waals surface area contributed by atoms with Crippen molar-refractivity contribution in [2.75, 3.05) is 27.2 Å².